The predicted molar refractivity (Wildman–Crippen MR) is 67.1 cm³/mol. The van der Waals surface area contributed by atoms with Crippen LogP contribution in [0.4, 0.5) is 0 Å². The molecule has 0 saturated heterocycles. The van der Waals surface area contributed by atoms with E-state index in [0.717, 1.165) is 12.8 Å². The molecule has 1 atom stereocenters. The van der Waals surface area contributed by atoms with Gasteiger partial charge in [-0.15, -0.1) is 0 Å². The Labute approximate surface area is 103 Å². The first-order valence-electron chi connectivity index (χ1n) is 7.07. The summed E-state index contributed by atoms with van der Waals surface area (Å²) in [7, 11) is 0. The highest BCUT2D eigenvalue weighted by Crippen LogP contribution is 2.34. The molecule has 0 amide bonds. The number of nitrogens with zero attached hydrogens (tertiary/aromatic N) is 2. The number of aromatic nitrogens is 2. The van der Waals surface area contributed by atoms with Crippen LogP contribution in [0.5, 0.6) is 0 Å². The highest BCUT2D eigenvalue weighted by Gasteiger charge is 2.24. The molecule has 1 N–H and O–H groups in total. The molecule has 1 saturated carbocycles. The van der Waals surface area contributed by atoms with Gasteiger partial charge in [0.05, 0.1) is 18.3 Å². The maximum Gasteiger partial charge on any atom is 0.109 e. The Morgan fingerprint density at radius 3 is 2.76 bits per heavy atom. The highest BCUT2D eigenvalue weighted by molar-refractivity contribution is 5.13. The molecular formula is C14H22N2O. The van der Waals surface area contributed by atoms with Crippen molar-refractivity contribution < 1.29 is 5.11 Å². The fraction of sp³-hybridized carbons (Fsp3) is 0.786. The zero-order valence-corrected chi connectivity index (χ0v) is 10.4. The van der Waals surface area contributed by atoms with E-state index < -0.39 is 0 Å². The molecule has 0 spiro atoms. The average molecular weight is 234 g/mol. The van der Waals surface area contributed by atoms with Crippen LogP contribution in [0, 0.1) is 0 Å². The molecule has 2 aliphatic rings. The van der Waals surface area contributed by atoms with Crippen LogP contribution in [-0.4, -0.2) is 21.3 Å². The number of aliphatic hydroxyl groups excluding tert-OH is 1. The monoisotopic (exact) mass is 234 g/mol. The van der Waals surface area contributed by atoms with E-state index >= 15 is 0 Å². The van der Waals surface area contributed by atoms with Gasteiger partial charge in [-0.2, -0.15) is 0 Å². The van der Waals surface area contributed by atoms with Gasteiger partial charge in [0.1, 0.15) is 5.82 Å². The molecule has 1 unspecified atom stereocenters. The molecule has 1 fully saturated rings. The molecule has 3 rings (SSSR count). The molecule has 0 bridgehead atoms. The minimum absolute atomic E-state index is 0.257. The summed E-state index contributed by atoms with van der Waals surface area (Å²) in [5.74, 6) is 1.89. The summed E-state index contributed by atoms with van der Waals surface area (Å²) >= 11 is 0. The summed E-state index contributed by atoms with van der Waals surface area (Å²) in [5, 5.41) is 9.41. The molecule has 1 aliphatic carbocycles. The summed E-state index contributed by atoms with van der Waals surface area (Å²) in [4.78, 5) is 4.82. The van der Waals surface area contributed by atoms with Crippen LogP contribution in [0.15, 0.2) is 6.20 Å². The van der Waals surface area contributed by atoms with Gasteiger partial charge >= 0.3 is 0 Å². The fourth-order valence-corrected chi connectivity index (χ4v) is 3.36. The van der Waals surface area contributed by atoms with Crippen LogP contribution in [0.3, 0.4) is 0 Å². The quantitative estimate of drug-likeness (QED) is 0.854. The van der Waals surface area contributed by atoms with Crippen molar-refractivity contribution in [3.63, 3.8) is 0 Å². The van der Waals surface area contributed by atoms with Crippen molar-refractivity contribution >= 4 is 0 Å². The Bertz CT molecular complexity index is 380. The van der Waals surface area contributed by atoms with E-state index in [1.807, 2.05) is 0 Å². The second-order valence-corrected chi connectivity index (χ2v) is 5.55. The Kier molecular flexibility index (Phi) is 3.19. The highest BCUT2D eigenvalue weighted by atomic mass is 16.3. The van der Waals surface area contributed by atoms with Crippen LogP contribution in [0.1, 0.15) is 68.4 Å². The minimum Gasteiger partial charge on any atom is -0.394 e. The molecule has 0 aromatic carbocycles. The SMILES string of the molecule is OCC1CCCc2nc(C3CCCCC3)cn21. The number of rotatable bonds is 2. The molecule has 94 valence electrons. The Morgan fingerprint density at radius 1 is 1.18 bits per heavy atom. The van der Waals surface area contributed by atoms with Crippen LogP contribution < -0.4 is 0 Å². The van der Waals surface area contributed by atoms with Crippen LogP contribution in [0.25, 0.3) is 0 Å². The van der Waals surface area contributed by atoms with E-state index in [1.165, 1.54) is 50.0 Å². The zero-order valence-electron chi connectivity index (χ0n) is 10.4. The number of aryl methyl sites for hydroxylation is 1. The van der Waals surface area contributed by atoms with E-state index in [2.05, 4.69) is 10.8 Å². The van der Waals surface area contributed by atoms with Gasteiger partial charge in [-0.3, -0.25) is 0 Å². The van der Waals surface area contributed by atoms with Gasteiger partial charge in [-0.05, 0) is 25.7 Å². The lowest BCUT2D eigenvalue weighted by Gasteiger charge is -2.23. The van der Waals surface area contributed by atoms with Gasteiger partial charge in [-0.25, -0.2) is 4.98 Å². The van der Waals surface area contributed by atoms with Crippen molar-refractivity contribution in [1.82, 2.24) is 9.55 Å². The first-order chi connectivity index (χ1) is 8.38. The van der Waals surface area contributed by atoms with Gasteiger partial charge in [0, 0.05) is 18.5 Å². The van der Waals surface area contributed by atoms with Crippen molar-refractivity contribution in [2.24, 2.45) is 0 Å². The lowest BCUT2D eigenvalue weighted by atomic mass is 9.87. The number of hydrogen-bond acceptors (Lipinski definition) is 2. The molecule has 1 aliphatic heterocycles. The molecular weight excluding hydrogens is 212 g/mol. The van der Waals surface area contributed by atoms with Gasteiger partial charge in [0.15, 0.2) is 0 Å². The fourth-order valence-electron chi connectivity index (χ4n) is 3.36. The zero-order chi connectivity index (χ0) is 11.7. The predicted octanol–water partition coefficient (Wildman–Crippen LogP) is 2.80. The minimum atomic E-state index is 0.257. The summed E-state index contributed by atoms with van der Waals surface area (Å²) in [5.41, 5.74) is 1.29. The van der Waals surface area contributed by atoms with Gasteiger partial charge in [0.2, 0.25) is 0 Å². The maximum atomic E-state index is 9.41. The molecule has 0 radical (unpaired) electrons. The van der Waals surface area contributed by atoms with Crippen molar-refractivity contribution in [3.8, 4) is 0 Å². The number of fused-ring (bicyclic) bond motifs is 1. The first kappa shape index (κ1) is 11.3. The number of imidazole rings is 1. The van der Waals surface area contributed by atoms with Gasteiger partial charge in [-0.1, -0.05) is 19.3 Å². The maximum absolute atomic E-state index is 9.41. The third kappa shape index (κ3) is 2.13. The molecule has 1 aromatic heterocycles. The second-order valence-electron chi connectivity index (χ2n) is 5.55. The lowest BCUT2D eigenvalue weighted by molar-refractivity contribution is 0.206. The number of aliphatic hydroxyl groups is 1. The van der Waals surface area contributed by atoms with Crippen molar-refractivity contribution in [1.29, 1.82) is 0 Å². The third-order valence-corrected chi connectivity index (χ3v) is 4.39. The summed E-state index contributed by atoms with van der Waals surface area (Å²) in [6, 6.07) is 0.281. The Balaban J connectivity index is 1.84. The molecule has 3 nitrogen and oxygen atoms in total. The summed E-state index contributed by atoms with van der Waals surface area (Å²) in [6.07, 6.45) is 12.3. The normalized spacial score (nSPS) is 25.8. The third-order valence-electron chi connectivity index (χ3n) is 4.39. The lowest BCUT2D eigenvalue weighted by Crippen LogP contribution is -2.20. The second kappa shape index (κ2) is 4.81. The first-order valence-corrected chi connectivity index (χ1v) is 7.07. The van der Waals surface area contributed by atoms with Crippen molar-refractivity contribution in [2.75, 3.05) is 6.61 Å². The topological polar surface area (TPSA) is 38.1 Å². The van der Waals surface area contributed by atoms with Crippen molar-refractivity contribution in [3.05, 3.63) is 17.7 Å². The Hall–Kier alpha value is -0.830. The summed E-state index contributed by atoms with van der Waals surface area (Å²) < 4.78 is 2.24. The van der Waals surface area contributed by atoms with E-state index in [0.29, 0.717) is 5.92 Å². The van der Waals surface area contributed by atoms with Crippen LogP contribution in [0.2, 0.25) is 0 Å². The molecule has 1 aromatic rings. The molecule has 17 heavy (non-hydrogen) atoms. The number of hydrogen-bond donors (Lipinski definition) is 1. The smallest absolute Gasteiger partial charge is 0.109 e. The Morgan fingerprint density at radius 2 is 2.00 bits per heavy atom. The van der Waals surface area contributed by atoms with E-state index in [1.54, 1.807) is 0 Å². The van der Waals surface area contributed by atoms with E-state index in [9.17, 15) is 5.11 Å². The summed E-state index contributed by atoms with van der Waals surface area (Å²) in [6.45, 7) is 0.257. The van der Waals surface area contributed by atoms with E-state index in [-0.39, 0.29) is 12.6 Å². The molecule has 2 heterocycles. The van der Waals surface area contributed by atoms with Gasteiger partial charge in [0.25, 0.3) is 0 Å². The van der Waals surface area contributed by atoms with E-state index in [4.69, 9.17) is 4.98 Å². The largest absolute Gasteiger partial charge is 0.394 e. The standard InChI is InChI=1S/C14H22N2O/c17-10-12-7-4-8-14-15-13(9-16(12)14)11-5-2-1-3-6-11/h9,11-12,17H,1-8,10H2. The van der Waals surface area contributed by atoms with Crippen LogP contribution in [-0.2, 0) is 6.42 Å². The van der Waals surface area contributed by atoms with Gasteiger partial charge < -0.3 is 9.67 Å². The average Bonchev–Trinajstić information content (AvgIpc) is 2.83. The van der Waals surface area contributed by atoms with Crippen LogP contribution >= 0.6 is 0 Å². The van der Waals surface area contributed by atoms with Crippen molar-refractivity contribution in [2.45, 2.75) is 63.3 Å². The molecule has 3 heteroatoms.